The molecule has 0 spiro atoms. The molecular formula is C18H17ClO4. The zero-order valence-electron chi connectivity index (χ0n) is 12.9. The number of aromatic hydroxyl groups is 1. The number of carbonyl (C=O) groups is 2. The van der Waals surface area contributed by atoms with Crippen LogP contribution in [0, 0.1) is 0 Å². The highest BCUT2D eigenvalue weighted by Gasteiger charge is 2.22. The lowest BCUT2D eigenvalue weighted by Crippen LogP contribution is -2.24. The van der Waals surface area contributed by atoms with E-state index < -0.39 is 12.1 Å². The number of carbonyl (C=O) groups excluding carboxylic acids is 2. The van der Waals surface area contributed by atoms with Gasteiger partial charge in [0.05, 0.1) is 0 Å². The number of rotatable bonds is 5. The van der Waals surface area contributed by atoms with E-state index >= 15 is 0 Å². The number of phenols is 1. The first kappa shape index (κ1) is 17.0. The first-order valence-corrected chi connectivity index (χ1v) is 7.62. The molecule has 23 heavy (non-hydrogen) atoms. The minimum absolute atomic E-state index is 0.0709. The second-order valence-electron chi connectivity index (χ2n) is 5.12. The van der Waals surface area contributed by atoms with E-state index in [2.05, 4.69) is 0 Å². The van der Waals surface area contributed by atoms with Crippen molar-refractivity contribution in [3.8, 4) is 5.75 Å². The highest BCUT2D eigenvalue weighted by molar-refractivity contribution is 6.31. The maximum atomic E-state index is 12.3. The van der Waals surface area contributed by atoms with E-state index in [-0.39, 0.29) is 17.1 Å². The number of esters is 1. The summed E-state index contributed by atoms with van der Waals surface area (Å²) in [5.74, 6) is -1.34. The minimum Gasteiger partial charge on any atom is -0.507 e. The number of benzene rings is 2. The predicted molar refractivity (Wildman–Crippen MR) is 88.1 cm³/mol. The van der Waals surface area contributed by atoms with Gasteiger partial charge in [-0.3, -0.25) is 4.79 Å². The van der Waals surface area contributed by atoms with Crippen LogP contribution in [0.15, 0.2) is 42.5 Å². The fraction of sp³-hybridized carbons (Fsp3) is 0.222. The fourth-order valence-corrected chi connectivity index (χ4v) is 2.26. The summed E-state index contributed by atoms with van der Waals surface area (Å²) in [7, 11) is 0. The van der Waals surface area contributed by atoms with Crippen LogP contribution in [0.3, 0.4) is 0 Å². The molecule has 0 aliphatic rings. The lowest BCUT2D eigenvalue weighted by atomic mass is 10.0. The number of hydrogen-bond acceptors (Lipinski definition) is 4. The van der Waals surface area contributed by atoms with E-state index in [4.69, 9.17) is 16.3 Å². The second-order valence-corrected chi connectivity index (χ2v) is 5.56. The Morgan fingerprint density at radius 2 is 1.83 bits per heavy atom. The molecule has 5 heteroatoms. The van der Waals surface area contributed by atoms with Crippen LogP contribution in [0.4, 0.5) is 0 Å². The standard InChI is InChI=1S/C18H17ClO4/c1-3-12-4-6-13(7-5-12)17(21)11(2)23-18(22)15-10-14(19)8-9-16(15)20/h4-11,20H,3H2,1-2H3/t11-/m1/s1. The normalized spacial score (nSPS) is 11.8. The molecule has 0 aromatic heterocycles. The van der Waals surface area contributed by atoms with Gasteiger partial charge in [-0.15, -0.1) is 0 Å². The Bertz CT molecular complexity index is 722. The lowest BCUT2D eigenvalue weighted by molar-refractivity contribution is 0.0316. The van der Waals surface area contributed by atoms with Crippen molar-refractivity contribution in [3.05, 3.63) is 64.2 Å². The average molecular weight is 333 g/mol. The van der Waals surface area contributed by atoms with Gasteiger partial charge in [-0.1, -0.05) is 42.8 Å². The molecule has 0 saturated heterocycles. The van der Waals surface area contributed by atoms with Crippen LogP contribution < -0.4 is 0 Å². The summed E-state index contributed by atoms with van der Waals surface area (Å²) in [5, 5.41) is 9.98. The monoisotopic (exact) mass is 332 g/mol. The first-order valence-electron chi connectivity index (χ1n) is 7.25. The Balaban J connectivity index is 2.10. The molecular weight excluding hydrogens is 316 g/mol. The predicted octanol–water partition coefficient (Wildman–Crippen LogP) is 4.04. The van der Waals surface area contributed by atoms with E-state index in [1.165, 1.54) is 25.1 Å². The zero-order valence-corrected chi connectivity index (χ0v) is 13.6. The van der Waals surface area contributed by atoms with Crippen LogP contribution in [-0.2, 0) is 11.2 Å². The first-order chi connectivity index (χ1) is 10.9. The molecule has 120 valence electrons. The molecule has 1 N–H and O–H groups in total. The van der Waals surface area contributed by atoms with Crippen molar-refractivity contribution in [1.82, 2.24) is 0 Å². The average Bonchev–Trinajstić information content (AvgIpc) is 2.56. The van der Waals surface area contributed by atoms with Gasteiger partial charge in [-0.2, -0.15) is 0 Å². The molecule has 0 radical (unpaired) electrons. The molecule has 0 unspecified atom stereocenters. The minimum atomic E-state index is -0.964. The highest BCUT2D eigenvalue weighted by Crippen LogP contribution is 2.23. The zero-order chi connectivity index (χ0) is 17.0. The molecule has 0 fully saturated rings. The number of halogens is 1. The summed E-state index contributed by atoms with van der Waals surface area (Å²) in [6.07, 6.45) is -0.0825. The Kier molecular flexibility index (Phi) is 5.40. The van der Waals surface area contributed by atoms with E-state index in [0.717, 1.165) is 12.0 Å². The van der Waals surface area contributed by atoms with Gasteiger partial charge in [-0.05, 0) is 37.1 Å². The van der Waals surface area contributed by atoms with Crippen LogP contribution in [0.1, 0.15) is 40.1 Å². The third-order valence-corrected chi connectivity index (χ3v) is 3.71. The third-order valence-electron chi connectivity index (χ3n) is 3.48. The Hall–Kier alpha value is -2.33. The van der Waals surface area contributed by atoms with Crippen molar-refractivity contribution in [3.63, 3.8) is 0 Å². The number of phenolic OH excluding ortho intramolecular Hbond substituents is 1. The van der Waals surface area contributed by atoms with Crippen molar-refractivity contribution < 1.29 is 19.4 Å². The van der Waals surface area contributed by atoms with Gasteiger partial charge in [0.25, 0.3) is 0 Å². The Labute approximate surface area is 139 Å². The van der Waals surface area contributed by atoms with Crippen molar-refractivity contribution >= 4 is 23.4 Å². The third kappa shape index (κ3) is 4.11. The quantitative estimate of drug-likeness (QED) is 0.663. The van der Waals surface area contributed by atoms with Gasteiger partial charge in [0.15, 0.2) is 6.10 Å². The van der Waals surface area contributed by atoms with Gasteiger partial charge in [0.2, 0.25) is 5.78 Å². The summed E-state index contributed by atoms with van der Waals surface area (Å²) in [5.41, 5.74) is 1.52. The molecule has 4 nitrogen and oxygen atoms in total. The molecule has 2 aromatic carbocycles. The molecule has 2 rings (SSSR count). The van der Waals surface area contributed by atoms with Gasteiger partial charge in [0, 0.05) is 10.6 Å². The number of hydrogen-bond donors (Lipinski definition) is 1. The number of Topliss-reactive ketones (excluding diaryl/α,β-unsaturated/α-hetero) is 1. The van der Waals surface area contributed by atoms with Crippen LogP contribution in [0.2, 0.25) is 5.02 Å². The molecule has 0 saturated carbocycles. The van der Waals surface area contributed by atoms with Gasteiger partial charge in [-0.25, -0.2) is 4.79 Å². The topological polar surface area (TPSA) is 63.6 Å². The lowest BCUT2D eigenvalue weighted by Gasteiger charge is -2.13. The fourth-order valence-electron chi connectivity index (χ4n) is 2.09. The molecule has 0 heterocycles. The van der Waals surface area contributed by atoms with Crippen molar-refractivity contribution in [2.24, 2.45) is 0 Å². The maximum Gasteiger partial charge on any atom is 0.342 e. The van der Waals surface area contributed by atoms with Crippen LogP contribution in [0.5, 0.6) is 5.75 Å². The van der Waals surface area contributed by atoms with E-state index in [9.17, 15) is 14.7 Å². The summed E-state index contributed by atoms with van der Waals surface area (Å²) in [4.78, 5) is 24.4. The molecule has 0 aliphatic heterocycles. The molecule has 2 aromatic rings. The highest BCUT2D eigenvalue weighted by atomic mass is 35.5. The largest absolute Gasteiger partial charge is 0.507 e. The number of ketones is 1. The molecule has 0 amide bonds. The molecule has 0 aliphatic carbocycles. The second kappa shape index (κ2) is 7.29. The Morgan fingerprint density at radius 3 is 2.43 bits per heavy atom. The van der Waals surface area contributed by atoms with Gasteiger partial charge in [0.1, 0.15) is 11.3 Å². The molecule has 0 bridgehead atoms. The number of aryl methyl sites for hydroxylation is 1. The SMILES string of the molecule is CCc1ccc(C(=O)[C@@H](C)OC(=O)c2cc(Cl)ccc2O)cc1. The smallest absolute Gasteiger partial charge is 0.342 e. The summed E-state index contributed by atoms with van der Waals surface area (Å²) in [6.45, 7) is 3.52. The Morgan fingerprint density at radius 1 is 1.17 bits per heavy atom. The van der Waals surface area contributed by atoms with Crippen LogP contribution >= 0.6 is 11.6 Å². The van der Waals surface area contributed by atoms with Crippen LogP contribution in [-0.4, -0.2) is 23.0 Å². The van der Waals surface area contributed by atoms with Crippen molar-refractivity contribution in [1.29, 1.82) is 0 Å². The summed E-state index contributed by atoms with van der Waals surface area (Å²) >= 11 is 5.80. The van der Waals surface area contributed by atoms with E-state index in [1.807, 2.05) is 19.1 Å². The van der Waals surface area contributed by atoms with Crippen LogP contribution in [0.25, 0.3) is 0 Å². The number of ether oxygens (including phenoxy) is 1. The molecule has 1 atom stereocenters. The maximum absolute atomic E-state index is 12.3. The summed E-state index contributed by atoms with van der Waals surface area (Å²) < 4.78 is 5.14. The van der Waals surface area contributed by atoms with Crippen molar-refractivity contribution in [2.75, 3.05) is 0 Å². The van der Waals surface area contributed by atoms with E-state index in [1.54, 1.807) is 12.1 Å². The van der Waals surface area contributed by atoms with Crippen molar-refractivity contribution in [2.45, 2.75) is 26.4 Å². The van der Waals surface area contributed by atoms with Gasteiger partial charge < -0.3 is 9.84 Å². The van der Waals surface area contributed by atoms with E-state index in [0.29, 0.717) is 10.6 Å². The summed E-state index contributed by atoms with van der Waals surface area (Å²) in [6, 6.07) is 11.2. The van der Waals surface area contributed by atoms with Gasteiger partial charge >= 0.3 is 5.97 Å².